The van der Waals surface area contributed by atoms with Gasteiger partial charge in [0.25, 0.3) is 10.0 Å². The zero-order valence-corrected chi connectivity index (χ0v) is 14.6. The molecule has 0 aliphatic rings. The van der Waals surface area contributed by atoms with Crippen LogP contribution in [0, 0.1) is 0 Å². The number of halogens is 1. The van der Waals surface area contributed by atoms with Gasteiger partial charge in [-0.2, -0.15) is 0 Å². The van der Waals surface area contributed by atoms with Gasteiger partial charge in [-0.1, -0.05) is 23.7 Å². The molecule has 0 aliphatic carbocycles. The van der Waals surface area contributed by atoms with E-state index in [4.69, 9.17) is 11.6 Å². The number of anilines is 1. The van der Waals surface area contributed by atoms with Gasteiger partial charge in [0.2, 0.25) is 0 Å². The summed E-state index contributed by atoms with van der Waals surface area (Å²) in [7, 11) is -3.64. The largest absolute Gasteiger partial charge is 0.263 e. The fraction of sp³-hybridized carbons (Fsp3) is 0. The van der Waals surface area contributed by atoms with Gasteiger partial charge >= 0.3 is 0 Å². The number of benzene rings is 2. The highest BCUT2D eigenvalue weighted by Gasteiger charge is 2.14. The van der Waals surface area contributed by atoms with E-state index in [1.54, 1.807) is 35.9 Å². The highest BCUT2D eigenvalue weighted by molar-refractivity contribution is 7.93. The zero-order valence-electron chi connectivity index (χ0n) is 12.3. The van der Waals surface area contributed by atoms with Crippen LogP contribution in [0.5, 0.6) is 0 Å². The summed E-state index contributed by atoms with van der Waals surface area (Å²) < 4.78 is 26.9. The lowest BCUT2D eigenvalue weighted by molar-refractivity contribution is 0.601. The second-order valence-corrected chi connectivity index (χ2v) is 7.76. The molecule has 1 heterocycles. The molecule has 0 amide bonds. The van der Waals surface area contributed by atoms with Crippen molar-refractivity contribution in [2.45, 2.75) is 4.90 Å². The molecule has 5 nitrogen and oxygen atoms in total. The Morgan fingerprint density at radius 1 is 1.08 bits per heavy atom. The minimum absolute atomic E-state index is 0.156. The number of nitrogens with one attached hydrogen (secondary N) is 1. The van der Waals surface area contributed by atoms with Gasteiger partial charge < -0.3 is 0 Å². The van der Waals surface area contributed by atoms with Gasteiger partial charge in [-0.15, -0.1) is 11.3 Å². The minimum Gasteiger partial charge on any atom is -0.256 e. The monoisotopic (exact) mass is 377 g/mol. The third-order valence-corrected chi connectivity index (χ3v) is 5.46. The van der Waals surface area contributed by atoms with E-state index in [1.165, 1.54) is 29.7 Å². The number of hydrogen-bond donors (Lipinski definition) is 1. The number of thiazole rings is 1. The van der Waals surface area contributed by atoms with E-state index >= 15 is 0 Å². The van der Waals surface area contributed by atoms with Crippen molar-refractivity contribution >= 4 is 50.0 Å². The molecule has 0 aliphatic heterocycles. The van der Waals surface area contributed by atoms with Crippen molar-refractivity contribution in [3.8, 4) is 0 Å². The number of aliphatic imine (C=N–C) groups is 1. The first-order valence-electron chi connectivity index (χ1n) is 6.85. The molecule has 0 unspecified atom stereocenters. The second kappa shape index (κ2) is 7.12. The van der Waals surface area contributed by atoms with E-state index in [0.717, 1.165) is 5.56 Å². The molecular formula is C16H12ClN3O2S2. The number of nitrogens with zero attached hydrogens (tertiary/aromatic N) is 2. The van der Waals surface area contributed by atoms with E-state index < -0.39 is 10.0 Å². The van der Waals surface area contributed by atoms with E-state index in [1.807, 2.05) is 12.1 Å². The molecule has 24 heavy (non-hydrogen) atoms. The third-order valence-electron chi connectivity index (χ3n) is 3.03. The molecule has 1 aromatic heterocycles. The summed E-state index contributed by atoms with van der Waals surface area (Å²) >= 11 is 7.05. The summed E-state index contributed by atoms with van der Waals surface area (Å²) in [6, 6.07) is 13.6. The van der Waals surface area contributed by atoms with Crippen LogP contribution < -0.4 is 4.72 Å². The number of hydrogen-bond acceptors (Lipinski definition) is 5. The first-order chi connectivity index (χ1) is 11.5. The lowest BCUT2D eigenvalue weighted by Crippen LogP contribution is -2.12. The molecule has 0 saturated carbocycles. The average molecular weight is 378 g/mol. The average Bonchev–Trinajstić information content (AvgIpc) is 3.07. The van der Waals surface area contributed by atoms with Crippen LogP contribution in [0.2, 0.25) is 5.02 Å². The molecule has 0 radical (unpaired) electrons. The normalized spacial score (nSPS) is 11.7. The molecule has 0 spiro atoms. The standard InChI is InChI=1S/C16H12ClN3O2S2/c17-13-3-1-12(2-4-13)11-19-14-5-7-15(8-6-14)24(21,22)20-16-18-9-10-23-16/h1-11H,(H,18,20). The molecule has 0 saturated heterocycles. The summed E-state index contributed by atoms with van der Waals surface area (Å²) in [6.45, 7) is 0. The fourth-order valence-electron chi connectivity index (χ4n) is 1.86. The Balaban J connectivity index is 1.74. The van der Waals surface area contributed by atoms with Gasteiger partial charge in [0.05, 0.1) is 10.6 Å². The van der Waals surface area contributed by atoms with Crippen molar-refractivity contribution in [2.75, 3.05) is 4.72 Å². The predicted molar refractivity (Wildman–Crippen MR) is 98.1 cm³/mol. The first-order valence-corrected chi connectivity index (χ1v) is 9.59. The van der Waals surface area contributed by atoms with Crippen LogP contribution in [0.15, 0.2) is 70.0 Å². The summed E-state index contributed by atoms with van der Waals surface area (Å²) in [5.41, 5.74) is 1.56. The highest BCUT2D eigenvalue weighted by atomic mass is 35.5. The van der Waals surface area contributed by atoms with Crippen molar-refractivity contribution in [3.05, 3.63) is 70.7 Å². The molecule has 3 aromatic rings. The summed E-state index contributed by atoms with van der Waals surface area (Å²) in [4.78, 5) is 8.38. The van der Waals surface area contributed by atoms with Crippen molar-refractivity contribution in [2.24, 2.45) is 4.99 Å². The second-order valence-electron chi connectivity index (χ2n) is 4.75. The number of rotatable bonds is 5. The number of aromatic nitrogens is 1. The van der Waals surface area contributed by atoms with Crippen molar-refractivity contribution in [1.82, 2.24) is 4.98 Å². The molecular weight excluding hydrogens is 366 g/mol. The van der Waals surface area contributed by atoms with Crippen molar-refractivity contribution in [1.29, 1.82) is 0 Å². The molecule has 2 aromatic carbocycles. The zero-order chi connectivity index (χ0) is 17.0. The van der Waals surface area contributed by atoms with E-state index in [-0.39, 0.29) is 4.90 Å². The van der Waals surface area contributed by atoms with Crippen LogP contribution in [-0.4, -0.2) is 19.6 Å². The third kappa shape index (κ3) is 4.19. The Morgan fingerprint density at radius 3 is 2.42 bits per heavy atom. The van der Waals surface area contributed by atoms with E-state index in [0.29, 0.717) is 15.8 Å². The van der Waals surface area contributed by atoms with Crippen LogP contribution >= 0.6 is 22.9 Å². The van der Waals surface area contributed by atoms with Crippen molar-refractivity contribution < 1.29 is 8.42 Å². The predicted octanol–water partition coefficient (Wildman–Crippen LogP) is 4.35. The SMILES string of the molecule is O=S(=O)(Nc1nccs1)c1ccc(N=Cc2ccc(Cl)cc2)cc1. The van der Waals surface area contributed by atoms with Crippen LogP contribution in [0.3, 0.4) is 0 Å². The van der Waals surface area contributed by atoms with E-state index in [9.17, 15) is 8.42 Å². The Hall–Kier alpha value is -2.22. The Bertz CT molecular complexity index is 936. The maximum absolute atomic E-state index is 12.2. The molecule has 0 atom stereocenters. The lowest BCUT2D eigenvalue weighted by Gasteiger charge is -2.05. The first kappa shape index (κ1) is 16.6. The maximum atomic E-state index is 12.2. The Morgan fingerprint density at radius 2 is 1.79 bits per heavy atom. The summed E-state index contributed by atoms with van der Waals surface area (Å²) in [5.74, 6) is 0. The molecule has 1 N–H and O–H groups in total. The van der Waals surface area contributed by atoms with Gasteiger partial charge in [0, 0.05) is 22.8 Å². The Kier molecular flexibility index (Phi) is 4.94. The molecule has 0 fully saturated rings. The summed E-state index contributed by atoms with van der Waals surface area (Å²) in [5, 5.41) is 2.70. The van der Waals surface area contributed by atoms with Gasteiger partial charge in [-0.05, 0) is 42.0 Å². The van der Waals surface area contributed by atoms with Gasteiger partial charge in [0.1, 0.15) is 0 Å². The quantitative estimate of drug-likeness (QED) is 0.672. The van der Waals surface area contributed by atoms with Crippen LogP contribution in [0.4, 0.5) is 10.8 Å². The number of sulfonamides is 1. The minimum atomic E-state index is -3.64. The molecule has 122 valence electrons. The van der Waals surface area contributed by atoms with Crippen LogP contribution in [-0.2, 0) is 10.0 Å². The topological polar surface area (TPSA) is 71.4 Å². The van der Waals surface area contributed by atoms with Gasteiger partial charge in [-0.25, -0.2) is 13.4 Å². The fourth-order valence-corrected chi connectivity index (χ4v) is 3.77. The van der Waals surface area contributed by atoms with Crippen molar-refractivity contribution in [3.63, 3.8) is 0 Å². The van der Waals surface area contributed by atoms with Gasteiger partial charge in [-0.3, -0.25) is 9.71 Å². The van der Waals surface area contributed by atoms with Crippen LogP contribution in [0.25, 0.3) is 0 Å². The molecule has 0 bridgehead atoms. The van der Waals surface area contributed by atoms with Gasteiger partial charge in [0.15, 0.2) is 5.13 Å². The smallest absolute Gasteiger partial charge is 0.256 e. The molecule has 3 rings (SSSR count). The summed E-state index contributed by atoms with van der Waals surface area (Å²) in [6.07, 6.45) is 3.23. The molecule has 8 heteroatoms. The van der Waals surface area contributed by atoms with Crippen LogP contribution in [0.1, 0.15) is 5.56 Å². The highest BCUT2D eigenvalue weighted by Crippen LogP contribution is 2.20. The maximum Gasteiger partial charge on any atom is 0.263 e. The lowest BCUT2D eigenvalue weighted by atomic mass is 10.2. The van der Waals surface area contributed by atoms with E-state index in [2.05, 4.69) is 14.7 Å². The Labute approximate surface area is 148 Å².